The Morgan fingerprint density at radius 2 is 0.635 bits per heavy atom. The summed E-state index contributed by atoms with van der Waals surface area (Å²) in [6.45, 7) is 0. The van der Waals surface area contributed by atoms with Crippen molar-refractivity contribution in [3.05, 3.63) is 237 Å². The van der Waals surface area contributed by atoms with Gasteiger partial charge < -0.3 is 13.7 Å². The average molecular weight is 802 g/mol. The fraction of sp³-hybridized carbons (Fsp3) is 0. The molecule has 10 aromatic carbocycles. The Bertz CT molecular complexity index is 3860. The zero-order valence-corrected chi connectivity index (χ0v) is 34.4. The van der Waals surface area contributed by atoms with Gasteiger partial charge in [-0.2, -0.15) is 0 Å². The van der Waals surface area contributed by atoms with Crippen molar-refractivity contribution in [1.82, 2.24) is 13.7 Å². The molecule has 0 unspecified atom stereocenters. The molecule has 0 saturated heterocycles. The largest absolute Gasteiger partial charge is 0.309 e. The summed E-state index contributed by atoms with van der Waals surface area (Å²) in [5, 5.41) is 7.45. The molecule has 0 saturated carbocycles. The van der Waals surface area contributed by atoms with Crippen LogP contribution < -0.4 is 0 Å². The molecule has 0 bridgehead atoms. The highest BCUT2D eigenvalue weighted by molar-refractivity contribution is 6.14. The first kappa shape index (κ1) is 35.4. The molecule has 63 heavy (non-hydrogen) atoms. The van der Waals surface area contributed by atoms with E-state index >= 15 is 0 Å². The Kier molecular flexibility index (Phi) is 7.91. The van der Waals surface area contributed by atoms with Crippen LogP contribution in [-0.2, 0) is 0 Å². The normalized spacial score (nSPS) is 11.8. The highest BCUT2D eigenvalue weighted by Crippen LogP contribution is 2.41. The highest BCUT2D eigenvalue weighted by atomic mass is 15.0. The number of fused-ring (bicyclic) bond motifs is 9. The maximum atomic E-state index is 2.44. The van der Waals surface area contributed by atoms with E-state index in [9.17, 15) is 0 Å². The minimum Gasteiger partial charge on any atom is -0.309 e. The van der Waals surface area contributed by atoms with Crippen molar-refractivity contribution >= 4 is 65.4 Å². The van der Waals surface area contributed by atoms with Crippen molar-refractivity contribution in [2.24, 2.45) is 0 Å². The summed E-state index contributed by atoms with van der Waals surface area (Å²) in [6.07, 6.45) is 0. The molecule has 0 atom stereocenters. The minimum atomic E-state index is 1.14. The second-order valence-electron chi connectivity index (χ2n) is 16.5. The smallest absolute Gasteiger partial charge is 0.0542 e. The molecule has 0 aliphatic carbocycles. The molecule has 0 radical (unpaired) electrons. The Labute approximate surface area is 364 Å². The van der Waals surface area contributed by atoms with Crippen LogP contribution in [0.5, 0.6) is 0 Å². The van der Waals surface area contributed by atoms with Gasteiger partial charge in [-0.3, -0.25) is 0 Å². The van der Waals surface area contributed by atoms with Crippen LogP contribution in [0.4, 0.5) is 0 Å². The predicted molar refractivity (Wildman–Crippen MR) is 266 cm³/mol. The van der Waals surface area contributed by atoms with Gasteiger partial charge in [-0.25, -0.2) is 0 Å². The molecular weight excluding hydrogens is 763 g/mol. The fourth-order valence-corrected chi connectivity index (χ4v) is 10.2. The van der Waals surface area contributed by atoms with E-state index in [1.54, 1.807) is 0 Å². The molecule has 0 fully saturated rings. The lowest BCUT2D eigenvalue weighted by Crippen LogP contribution is -1.97. The van der Waals surface area contributed by atoms with Crippen LogP contribution in [0, 0.1) is 0 Å². The third-order valence-electron chi connectivity index (χ3n) is 13.0. The van der Waals surface area contributed by atoms with E-state index in [0.29, 0.717) is 0 Å². The maximum absolute atomic E-state index is 2.44. The van der Waals surface area contributed by atoms with Gasteiger partial charge in [-0.15, -0.1) is 0 Å². The number of aromatic nitrogens is 3. The fourth-order valence-electron chi connectivity index (χ4n) is 10.2. The van der Waals surface area contributed by atoms with E-state index in [-0.39, 0.29) is 0 Å². The van der Waals surface area contributed by atoms with Crippen molar-refractivity contribution in [1.29, 1.82) is 0 Å². The quantitative estimate of drug-likeness (QED) is 0.159. The van der Waals surface area contributed by atoms with Crippen molar-refractivity contribution in [3.8, 4) is 50.4 Å². The molecular formula is C60H39N3. The average Bonchev–Trinajstić information content (AvgIpc) is 3.99. The Morgan fingerprint density at radius 1 is 0.206 bits per heavy atom. The van der Waals surface area contributed by atoms with E-state index in [0.717, 1.165) is 11.4 Å². The number of hydrogen-bond donors (Lipinski definition) is 0. The van der Waals surface area contributed by atoms with Crippen molar-refractivity contribution < 1.29 is 0 Å². The van der Waals surface area contributed by atoms with Gasteiger partial charge in [0.1, 0.15) is 0 Å². The molecule has 13 aromatic rings. The molecule has 0 amide bonds. The van der Waals surface area contributed by atoms with Crippen LogP contribution in [0.3, 0.4) is 0 Å². The topological polar surface area (TPSA) is 14.8 Å². The number of rotatable bonds is 6. The van der Waals surface area contributed by atoms with Crippen LogP contribution in [0.1, 0.15) is 0 Å². The Balaban J connectivity index is 0.953. The summed E-state index contributed by atoms with van der Waals surface area (Å²) in [5.41, 5.74) is 17.8. The first-order valence-electron chi connectivity index (χ1n) is 21.7. The molecule has 0 aliphatic heterocycles. The monoisotopic (exact) mass is 801 g/mol. The van der Waals surface area contributed by atoms with Crippen molar-refractivity contribution in [2.45, 2.75) is 0 Å². The zero-order valence-electron chi connectivity index (χ0n) is 34.4. The second kappa shape index (κ2) is 14.1. The highest BCUT2D eigenvalue weighted by Gasteiger charge is 2.19. The molecule has 3 heterocycles. The van der Waals surface area contributed by atoms with Crippen LogP contribution in [0.15, 0.2) is 237 Å². The maximum Gasteiger partial charge on any atom is 0.0542 e. The van der Waals surface area contributed by atoms with Gasteiger partial charge in [0.25, 0.3) is 0 Å². The third-order valence-corrected chi connectivity index (χ3v) is 13.0. The summed E-state index contributed by atoms with van der Waals surface area (Å²) >= 11 is 0. The lowest BCUT2D eigenvalue weighted by atomic mass is 9.99. The first-order chi connectivity index (χ1) is 31.3. The summed E-state index contributed by atoms with van der Waals surface area (Å²) in [5.74, 6) is 0. The standard InChI is InChI=1S/C60H39N3/c1-2-16-40(17-3-1)41-18-14-19-42(36-41)43-20-15-21-45(37-43)61-56-29-11-8-26-51(56)53-39-46(33-35-60(53)61)62-55-28-10-7-25-50(55)52-38-44(32-34-59(52)62)47-22-4-9-27-54(47)63-57-30-12-5-23-48(57)49-24-6-13-31-58(49)63/h1-39H. The number of nitrogens with zero attached hydrogens (tertiary/aromatic N) is 3. The number of benzene rings is 10. The van der Waals surface area contributed by atoms with Crippen LogP contribution >= 0.6 is 0 Å². The predicted octanol–water partition coefficient (Wildman–Crippen LogP) is 16.0. The van der Waals surface area contributed by atoms with Gasteiger partial charge >= 0.3 is 0 Å². The van der Waals surface area contributed by atoms with Gasteiger partial charge in [-0.05, 0) is 107 Å². The first-order valence-corrected chi connectivity index (χ1v) is 21.7. The molecule has 0 aliphatic rings. The van der Waals surface area contributed by atoms with Crippen LogP contribution in [0.2, 0.25) is 0 Å². The Hall–Kier alpha value is -8.40. The third kappa shape index (κ3) is 5.53. The summed E-state index contributed by atoms with van der Waals surface area (Å²) in [4.78, 5) is 0. The van der Waals surface area contributed by atoms with E-state index in [4.69, 9.17) is 0 Å². The molecule has 0 spiro atoms. The minimum absolute atomic E-state index is 1.14. The van der Waals surface area contributed by atoms with Gasteiger partial charge in [0.2, 0.25) is 0 Å². The van der Waals surface area contributed by atoms with Gasteiger partial charge in [0.05, 0.1) is 38.8 Å². The molecule has 3 nitrogen and oxygen atoms in total. The Morgan fingerprint density at radius 3 is 1.29 bits per heavy atom. The second-order valence-corrected chi connectivity index (χ2v) is 16.5. The van der Waals surface area contributed by atoms with Crippen molar-refractivity contribution in [2.75, 3.05) is 0 Å². The zero-order chi connectivity index (χ0) is 41.4. The van der Waals surface area contributed by atoms with Crippen LogP contribution in [-0.4, -0.2) is 13.7 Å². The summed E-state index contributed by atoms with van der Waals surface area (Å²) in [7, 11) is 0. The van der Waals surface area contributed by atoms with Gasteiger partial charge in [-0.1, -0.05) is 158 Å². The van der Waals surface area contributed by atoms with Crippen LogP contribution in [0.25, 0.3) is 116 Å². The number of para-hydroxylation sites is 5. The lowest BCUT2D eigenvalue weighted by Gasteiger charge is -2.14. The van der Waals surface area contributed by atoms with E-state index in [1.165, 1.54) is 104 Å². The molecule has 3 aromatic heterocycles. The summed E-state index contributed by atoms with van der Waals surface area (Å²) in [6, 6.07) is 86.4. The molecule has 0 N–H and O–H groups in total. The number of hydrogen-bond acceptors (Lipinski definition) is 0. The van der Waals surface area contributed by atoms with Gasteiger partial charge in [0, 0.05) is 49.3 Å². The van der Waals surface area contributed by atoms with E-state index < -0.39 is 0 Å². The van der Waals surface area contributed by atoms with Gasteiger partial charge in [0.15, 0.2) is 0 Å². The van der Waals surface area contributed by atoms with E-state index in [1.807, 2.05) is 0 Å². The molecule has 13 rings (SSSR count). The lowest BCUT2D eigenvalue weighted by molar-refractivity contribution is 1.16. The summed E-state index contributed by atoms with van der Waals surface area (Å²) < 4.78 is 7.30. The van der Waals surface area contributed by atoms with E-state index in [2.05, 4.69) is 250 Å². The SMILES string of the molecule is c1ccc(-c2cccc(-c3cccc(-n4c5ccccc5c5cc(-n6c7ccccc7c7cc(-c8ccccc8-n8c9ccccc9c9ccccc98)ccc76)ccc54)c3)c2)cc1. The molecule has 3 heteroatoms. The molecule has 294 valence electrons. The van der Waals surface area contributed by atoms with Crippen molar-refractivity contribution in [3.63, 3.8) is 0 Å².